The minimum absolute atomic E-state index is 0.227. The Morgan fingerprint density at radius 1 is 1.21 bits per heavy atom. The van der Waals surface area contributed by atoms with Crippen LogP contribution in [0.4, 0.5) is 19.0 Å². The molecule has 6 nitrogen and oxygen atoms in total. The first-order valence-electron chi connectivity index (χ1n) is 11.8. The van der Waals surface area contributed by atoms with E-state index in [1.165, 1.54) is 12.5 Å². The second-order valence-electron chi connectivity index (χ2n) is 10.2. The molecular formula is C24H27F3N4O2. The van der Waals surface area contributed by atoms with E-state index in [2.05, 4.69) is 10.3 Å². The van der Waals surface area contributed by atoms with Gasteiger partial charge in [-0.05, 0) is 50.2 Å². The molecule has 3 N–H and O–H groups in total. The molecule has 4 aliphatic rings. The number of pyridine rings is 1. The fourth-order valence-electron chi connectivity index (χ4n) is 6.57. The van der Waals surface area contributed by atoms with Gasteiger partial charge < -0.3 is 15.4 Å². The largest absolute Gasteiger partial charge is 0.418 e. The zero-order valence-electron chi connectivity index (χ0n) is 18.2. The summed E-state index contributed by atoms with van der Waals surface area (Å²) >= 11 is 0. The summed E-state index contributed by atoms with van der Waals surface area (Å²) in [4.78, 5) is 15.4. The van der Waals surface area contributed by atoms with Gasteiger partial charge in [0.05, 0.1) is 11.6 Å². The molecule has 33 heavy (non-hydrogen) atoms. The van der Waals surface area contributed by atoms with Gasteiger partial charge in [-0.3, -0.25) is 9.48 Å². The Balaban J connectivity index is 1.34. The number of halogens is 3. The van der Waals surface area contributed by atoms with Crippen molar-refractivity contribution in [3.63, 3.8) is 0 Å². The van der Waals surface area contributed by atoms with E-state index >= 15 is 0 Å². The number of hydrogen-bond acceptors (Lipinski definition) is 4. The summed E-state index contributed by atoms with van der Waals surface area (Å²) in [7, 11) is 0. The monoisotopic (exact) mass is 460 g/mol. The number of aliphatic hydroxyl groups is 1. The molecule has 3 fully saturated rings. The van der Waals surface area contributed by atoms with Crippen LogP contribution in [0.1, 0.15) is 57.4 Å². The van der Waals surface area contributed by atoms with Crippen LogP contribution in [0.2, 0.25) is 0 Å². The van der Waals surface area contributed by atoms with Crippen LogP contribution in [0, 0.1) is 17.3 Å². The smallest absolute Gasteiger partial charge is 0.379 e. The third-order valence-electron chi connectivity index (χ3n) is 8.35. The summed E-state index contributed by atoms with van der Waals surface area (Å²) in [5, 5.41) is 19.2. The molecule has 2 aromatic heterocycles. The lowest BCUT2D eigenvalue weighted by Crippen LogP contribution is -2.54. The van der Waals surface area contributed by atoms with Crippen molar-refractivity contribution in [1.82, 2.24) is 14.8 Å². The molecule has 0 radical (unpaired) electrons. The lowest BCUT2D eigenvalue weighted by atomic mass is 9.78. The van der Waals surface area contributed by atoms with Crippen LogP contribution in [0.25, 0.3) is 10.9 Å². The Kier molecular flexibility index (Phi) is 4.44. The first kappa shape index (κ1) is 21.0. The molecule has 3 unspecified atom stereocenters. The van der Waals surface area contributed by atoms with E-state index < -0.39 is 29.0 Å². The van der Waals surface area contributed by atoms with Gasteiger partial charge in [-0.15, -0.1) is 0 Å². The second kappa shape index (κ2) is 6.98. The molecule has 2 heterocycles. The van der Waals surface area contributed by atoms with Crippen LogP contribution in [-0.2, 0) is 0 Å². The lowest BCUT2D eigenvalue weighted by Gasteiger charge is -2.37. The normalized spacial score (nSPS) is 31.1. The lowest BCUT2D eigenvalue weighted by molar-refractivity contribution is -0.289. The third-order valence-corrected chi connectivity index (χ3v) is 8.35. The maximum absolute atomic E-state index is 13.9. The highest BCUT2D eigenvalue weighted by Gasteiger charge is 2.78. The molecule has 3 atom stereocenters. The second-order valence-corrected chi connectivity index (χ2v) is 10.2. The number of alkyl halides is 3. The van der Waals surface area contributed by atoms with E-state index in [9.17, 15) is 23.1 Å². The standard InChI is InChI=1S/C24H27F3N4O2/c25-24(26,27)23(33)17-7-6-15(12-14(17)13-22(23)9-10-22)29-20-19-18(8-11-28-21(19)32)31(30-20)16-4-2-1-3-5-16/h6-8,11-12,14,16-17,33H,1-5,9-10,13H2,(H,28,32)(H,29,30). The minimum Gasteiger partial charge on any atom is -0.379 e. The SMILES string of the molecule is O=c1[nH]ccc2c1c(NC1=CC3CC4(CC4)C(O)(C(F)(F)F)C3C=C1)nn2C1CCCCC1. The fourth-order valence-corrected chi connectivity index (χ4v) is 6.57. The Morgan fingerprint density at radius 3 is 2.67 bits per heavy atom. The number of fused-ring (bicyclic) bond motifs is 2. The van der Waals surface area contributed by atoms with Crippen molar-refractivity contribution in [2.75, 3.05) is 5.32 Å². The molecule has 6 rings (SSSR count). The molecule has 1 spiro atoms. The van der Waals surface area contributed by atoms with E-state index in [1.54, 1.807) is 18.3 Å². The van der Waals surface area contributed by atoms with Crippen LogP contribution in [-0.4, -0.2) is 31.6 Å². The summed E-state index contributed by atoms with van der Waals surface area (Å²) in [5.74, 6) is -1.00. The van der Waals surface area contributed by atoms with E-state index in [0.29, 0.717) is 36.2 Å². The van der Waals surface area contributed by atoms with Crippen molar-refractivity contribution in [1.29, 1.82) is 0 Å². The van der Waals surface area contributed by atoms with E-state index in [-0.39, 0.29) is 11.6 Å². The minimum atomic E-state index is -4.67. The predicted octanol–water partition coefficient (Wildman–Crippen LogP) is 4.81. The molecule has 0 aliphatic heterocycles. The van der Waals surface area contributed by atoms with Gasteiger partial charge in [0.2, 0.25) is 0 Å². The number of nitrogens with one attached hydrogen (secondary N) is 2. The summed E-state index contributed by atoms with van der Waals surface area (Å²) in [6, 6.07) is 2.08. The van der Waals surface area contributed by atoms with Gasteiger partial charge in [-0.1, -0.05) is 31.4 Å². The molecule has 9 heteroatoms. The van der Waals surface area contributed by atoms with Crippen molar-refractivity contribution in [2.24, 2.45) is 17.3 Å². The number of allylic oxidation sites excluding steroid dienone is 2. The number of nitrogens with zero attached hydrogens (tertiary/aromatic N) is 2. The van der Waals surface area contributed by atoms with E-state index in [4.69, 9.17) is 5.10 Å². The number of rotatable bonds is 3. The van der Waals surface area contributed by atoms with Gasteiger partial charge in [0, 0.05) is 23.2 Å². The first-order chi connectivity index (χ1) is 15.7. The number of aromatic amines is 1. The summed E-state index contributed by atoms with van der Waals surface area (Å²) in [6.45, 7) is 0. The van der Waals surface area contributed by atoms with Gasteiger partial charge >= 0.3 is 6.18 Å². The van der Waals surface area contributed by atoms with Gasteiger partial charge in [-0.2, -0.15) is 18.3 Å². The van der Waals surface area contributed by atoms with Crippen molar-refractivity contribution in [3.8, 4) is 0 Å². The molecule has 2 aromatic rings. The van der Waals surface area contributed by atoms with Crippen LogP contribution in [0.5, 0.6) is 0 Å². The van der Waals surface area contributed by atoms with Gasteiger partial charge in [0.15, 0.2) is 11.4 Å². The highest BCUT2D eigenvalue weighted by atomic mass is 19.4. The van der Waals surface area contributed by atoms with Crippen LogP contribution >= 0.6 is 0 Å². The Bertz CT molecular complexity index is 1220. The molecule has 0 amide bonds. The maximum Gasteiger partial charge on any atom is 0.418 e. The summed E-state index contributed by atoms with van der Waals surface area (Å²) in [6.07, 6.45) is 8.35. The summed E-state index contributed by atoms with van der Waals surface area (Å²) < 4.78 is 43.7. The average Bonchev–Trinajstić information content (AvgIpc) is 3.40. The first-order valence-corrected chi connectivity index (χ1v) is 11.8. The Morgan fingerprint density at radius 2 is 1.97 bits per heavy atom. The number of hydrogen-bond donors (Lipinski definition) is 3. The zero-order valence-corrected chi connectivity index (χ0v) is 18.2. The van der Waals surface area contributed by atoms with Gasteiger partial charge in [0.25, 0.3) is 5.56 Å². The Hall–Kier alpha value is -2.55. The quantitative estimate of drug-likeness (QED) is 0.614. The van der Waals surface area contributed by atoms with Crippen molar-refractivity contribution >= 4 is 16.7 Å². The molecule has 3 saturated carbocycles. The van der Waals surface area contributed by atoms with Crippen molar-refractivity contribution < 1.29 is 18.3 Å². The van der Waals surface area contributed by atoms with Crippen LogP contribution in [0.15, 0.2) is 41.0 Å². The highest BCUT2D eigenvalue weighted by molar-refractivity contribution is 5.90. The van der Waals surface area contributed by atoms with E-state index in [1.807, 2.05) is 10.7 Å². The molecular weight excluding hydrogens is 433 g/mol. The zero-order chi connectivity index (χ0) is 23.0. The predicted molar refractivity (Wildman–Crippen MR) is 118 cm³/mol. The van der Waals surface area contributed by atoms with E-state index in [0.717, 1.165) is 31.2 Å². The molecule has 0 aromatic carbocycles. The summed E-state index contributed by atoms with van der Waals surface area (Å²) in [5.41, 5.74) is -2.65. The highest BCUT2D eigenvalue weighted by Crippen LogP contribution is 2.71. The number of anilines is 1. The van der Waals surface area contributed by atoms with Crippen LogP contribution in [0.3, 0.4) is 0 Å². The average molecular weight is 461 g/mol. The van der Waals surface area contributed by atoms with Crippen molar-refractivity contribution in [2.45, 2.75) is 69.2 Å². The topological polar surface area (TPSA) is 82.9 Å². The molecule has 0 bridgehead atoms. The number of H-pyrrole nitrogens is 1. The van der Waals surface area contributed by atoms with Crippen molar-refractivity contribution in [3.05, 3.63) is 46.5 Å². The molecule has 4 aliphatic carbocycles. The number of aromatic nitrogens is 3. The third kappa shape index (κ3) is 2.97. The molecule has 176 valence electrons. The Labute approximate surface area is 188 Å². The van der Waals surface area contributed by atoms with Crippen LogP contribution < -0.4 is 10.9 Å². The molecule has 0 saturated heterocycles. The maximum atomic E-state index is 13.9. The van der Waals surface area contributed by atoms with Gasteiger partial charge in [0.1, 0.15) is 5.39 Å². The fraction of sp³-hybridized carbons (Fsp3) is 0.583. The van der Waals surface area contributed by atoms with Gasteiger partial charge in [-0.25, -0.2) is 0 Å².